The maximum atomic E-state index is 6.28. The van der Waals surface area contributed by atoms with Gasteiger partial charge in [-0.2, -0.15) is 0 Å². The van der Waals surface area contributed by atoms with Gasteiger partial charge in [0, 0.05) is 22.3 Å². The van der Waals surface area contributed by atoms with E-state index in [2.05, 4.69) is 33.0 Å². The molecule has 1 unspecified atom stereocenters. The highest BCUT2D eigenvalue weighted by atomic mass is 35.5. The normalized spacial score (nSPS) is 22.6. The van der Waals surface area contributed by atoms with Gasteiger partial charge in [0.05, 0.1) is 7.11 Å². The number of hydrogen-bond acceptors (Lipinski definition) is 2. The van der Waals surface area contributed by atoms with Gasteiger partial charge in [0.25, 0.3) is 0 Å². The van der Waals surface area contributed by atoms with Crippen molar-refractivity contribution in [3.05, 3.63) is 33.7 Å². The average molecular weight is 270 g/mol. The van der Waals surface area contributed by atoms with E-state index in [1.165, 1.54) is 16.8 Å². The number of rotatable bonds is 4. The Labute approximate surface area is 116 Å². The van der Waals surface area contributed by atoms with Crippen molar-refractivity contribution in [1.29, 1.82) is 0 Å². The first kappa shape index (κ1) is 15.2. The molecule has 0 bridgehead atoms. The predicted molar refractivity (Wildman–Crippen MR) is 78.5 cm³/mol. The van der Waals surface area contributed by atoms with Crippen molar-refractivity contribution in [3.8, 4) is 0 Å². The van der Waals surface area contributed by atoms with Crippen molar-refractivity contribution in [1.82, 2.24) is 5.32 Å². The van der Waals surface area contributed by atoms with Crippen LogP contribution in [-0.2, 0) is 4.74 Å². The van der Waals surface area contributed by atoms with Crippen LogP contribution in [0.3, 0.4) is 0 Å². The summed E-state index contributed by atoms with van der Waals surface area (Å²) in [5, 5.41) is 4.25. The predicted octanol–water partition coefficient (Wildman–Crippen LogP) is 4.49. The molecule has 1 aliphatic rings. The van der Waals surface area contributed by atoms with Gasteiger partial charge in [0.2, 0.25) is 0 Å². The van der Waals surface area contributed by atoms with E-state index in [4.69, 9.17) is 16.3 Å². The lowest BCUT2D eigenvalue weighted by Crippen LogP contribution is -2.29. The molecule has 1 atom stereocenters. The van der Waals surface area contributed by atoms with Crippen LogP contribution in [0.15, 0.2) is 33.7 Å². The van der Waals surface area contributed by atoms with E-state index in [0.29, 0.717) is 6.04 Å². The molecular formula is C15H24ClNO. The van der Waals surface area contributed by atoms with Gasteiger partial charge in [0.15, 0.2) is 0 Å². The van der Waals surface area contributed by atoms with E-state index >= 15 is 0 Å². The highest BCUT2D eigenvalue weighted by Crippen LogP contribution is 2.27. The molecule has 0 radical (unpaired) electrons. The molecule has 0 aromatic heterocycles. The highest BCUT2D eigenvalue weighted by molar-refractivity contribution is 6.31. The molecule has 0 fully saturated rings. The topological polar surface area (TPSA) is 21.3 Å². The van der Waals surface area contributed by atoms with Crippen LogP contribution in [0.4, 0.5) is 0 Å². The largest absolute Gasteiger partial charge is 0.496 e. The van der Waals surface area contributed by atoms with Gasteiger partial charge in [0.1, 0.15) is 5.76 Å². The minimum Gasteiger partial charge on any atom is -0.496 e. The second kappa shape index (κ2) is 6.89. The van der Waals surface area contributed by atoms with E-state index < -0.39 is 0 Å². The Balaban J connectivity index is 3.04. The maximum absolute atomic E-state index is 6.28. The summed E-state index contributed by atoms with van der Waals surface area (Å²) in [5.74, 6) is 0.879. The van der Waals surface area contributed by atoms with Crippen LogP contribution in [0.25, 0.3) is 0 Å². The van der Waals surface area contributed by atoms with Crippen molar-refractivity contribution >= 4 is 11.6 Å². The van der Waals surface area contributed by atoms with Crippen molar-refractivity contribution in [2.45, 2.75) is 53.0 Å². The molecular weight excluding hydrogens is 246 g/mol. The number of allylic oxidation sites excluding steroid dienone is 5. The first-order chi connectivity index (χ1) is 8.49. The summed E-state index contributed by atoms with van der Waals surface area (Å²) in [6.45, 7) is 8.45. The van der Waals surface area contributed by atoms with Gasteiger partial charge in [-0.15, -0.1) is 0 Å². The molecule has 1 heterocycles. The number of halogens is 1. The third kappa shape index (κ3) is 3.81. The molecule has 1 N–H and O–H groups in total. The first-order valence-corrected chi connectivity index (χ1v) is 6.95. The molecule has 0 amide bonds. The Morgan fingerprint density at radius 3 is 2.72 bits per heavy atom. The summed E-state index contributed by atoms with van der Waals surface area (Å²) in [7, 11) is 1.70. The van der Waals surface area contributed by atoms with Crippen LogP contribution in [0.1, 0.15) is 47.0 Å². The van der Waals surface area contributed by atoms with Crippen LogP contribution in [0.5, 0.6) is 0 Å². The minimum absolute atomic E-state index is 0.537. The lowest BCUT2D eigenvalue weighted by atomic mass is 9.97. The fraction of sp³-hybridized carbons (Fsp3) is 0.600. The second-order valence-electron chi connectivity index (χ2n) is 4.88. The lowest BCUT2D eigenvalue weighted by Gasteiger charge is -2.26. The first-order valence-electron chi connectivity index (χ1n) is 6.57. The molecule has 0 aromatic rings. The Morgan fingerprint density at radius 2 is 2.22 bits per heavy atom. The molecule has 1 rings (SSSR count). The number of methoxy groups -OCH3 is 1. The number of ether oxygens (including phenoxy) is 1. The van der Waals surface area contributed by atoms with E-state index in [1.54, 1.807) is 7.11 Å². The summed E-state index contributed by atoms with van der Waals surface area (Å²) in [6.07, 6.45) is 5.06. The Hall–Kier alpha value is -0.890. The molecule has 0 saturated carbocycles. The van der Waals surface area contributed by atoms with Crippen molar-refractivity contribution in [3.63, 3.8) is 0 Å². The molecule has 0 aromatic carbocycles. The van der Waals surface area contributed by atoms with E-state index in [0.717, 1.165) is 30.1 Å². The molecule has 0 aliphatic carbocycles. The van der Waals surface area contributed by atoms with Crippen LogP contribution in [0.2, 0.25) is 0 Å². The zero-order valence-corrected chi connectivity index (χ0v) is 12.8. The molecule has 1 aliphatic heterocycles. The SMILES string of the molecule is CC/C(C)=C(Cl)/C=C(/OC)C1=C(C)NC(C)CC1. The molecule has 18 heavy (non-hydrogen) atoms. The van der Waals surface area contributed by atoms with E-state index in [9.17, 15) is 0 Å². The monoisotopic (exact) mass is 269 g/mol. The van der Waals surface area contributed by atoms with Gasteiger partial charge >= 0.3 is 0 Å². The minimum atomic E-state index is 0.537. The zero-order chi connectivity index (χ0) is 13.7. The second-order valence-corrected chi connectivity index (χ2v) is 5.29. The van der Waals surface area contributed by atoms with Gasteiger partial charge in [-0.05, 0) is 46.1 Å². The van der Waals surface area contributed by atoms with Crippen LogP contribution in [-0.4, -0.2) is 13.2 Å². The summed E-state index contributed by atoms with van der Waals surface area (Å²) in [5.41, 5.74) is 3.61. The molecule has 3 heteroatoms. The van der Waals surface area contributed by atoms with Gasteiger partial charge in [-0.1, -0.05) is 24.1 Å². The fourth-order valence-corrected chi connectivity index (χ4v) is 2.29. The quantitative estimate of drug-likeness (QED) is 0.600. The van der Waals surface area contributed by atoms with Crippen LogP contribution >= 0.6 is 11.6 Å². The standard InChI is InChI=1S/C15H24ClNO/c1-6-10(2)14(16)9-15(18-5)13-8-7-11(3)17-12(13)4/h9,11,17H,6-8H2,1-5H3/b14-10-,15-9+. The Bertz CT molecular complexity index is 393. The maximum Gasteiger partial charge on any atom is 0.125 e. The Morgan fingerprint density at radius 1 is 1.56 bits per heavy atom. The third-order valence-electron chi connectivity index (χ3n) is 3.46. The fourth-order valence-electron chi connectivity index (χ4n) is 2.06. The molecule has 102 valence electrons. The zero-order valence-electron chi connectivity index (χ0n) is 12.1. The van der Waals surface area contributed by atoms with Crippen LogP contribution in [0, 0.1) is 0 Å². The van der Waals surface area contributed by atoms with Gasteiger partial charge in [-0.25, -0.2) is 0 Å². The number of hydrogen-bond donors (Lipinski definition) is 1. The van der Waals surface area contributed by atoms with Crippen LogP contribution < -0.4 is 5.32 Å². The molecule has 0 saturated heterocycles. The highest BCUT2D eigenvalue weighted by Gasteiger charge is 2.18. The summed E-state index contributed by atoms with van der Waals surface area (Å²) in [4.78, 5) is 0. The van der Waals surface area contributed by atoms with Crippen molar-refractivity contribution in [2.75, 3.05) is 7.11 Å². The molecule has 0 spiro atoms. The lowest BCUT2D eigenvalue weighted by molar-refractivity contribution is 0.293. The third-order valence-corrected chi connectivity index (χ3v) is 3.89. The molecule has 2 nitrogen and oxygen atoms in total. The summed E-state index contributed by atoms with van der Waals surface area (Å²) >= 11 is 6.28. The van der Waals surface area contributed by atoms with Gasteiger partial charge in [-0.3, -0.25) is 0 Å². The average Bonchev–Trinajstić information content (AvgIpc) is 2.35. The number of nitrogens with one attached hydrogen (secondary N) is 1. The van der Waals surface area contributed by atoms with Crippen molar-refractivity contribution in [2.24, 2.45) is 0 Å². The van der Waals surface area contributed by atoms with Crippen molar-refractivity contribution < 1.29 is 4.74 Å². The van der Waals surface area contributed by atoms with E-state index in [1.807, 2.05) is 6.08 Å². The van der Waals surface area contributed by atoms with Gasteiger partial charge < -0.3 is 10.1 Å². The summed E-state index contributed by atoms with van der Waals surface area (Å²) < 4.78 is 5.51. The Kier molecular flexibility index (Phi) is 5.80. The van der Waals surface area contributed by atoms with E-state index in [-0.39, 0.29) is 0 Å². The smallest absolute Gasteiger partial charge is 0.125 e. The summed E-state index contributed by atoms with van der Waals surface area (Å²) in [6, 6.07) is 0.537.